The molecule has 2 aliphatic carbocycles. The van der Waals surface area contributed by atoms with E-state index >= 15 is 0 Å². The predicted molar refractivity (Wildman–Crippen MR) is 75.4 cm³/mol. The maximum Gasteiger partial charge on any atom is 0.161 e. The summed E-state index contributed by atoms with van der Waals surface area (Å²) in [5.74, 6) is 2.69. The predicted octanol–water partition coefficient (Wildman–Crippen LogP) is 3.07. The van der Waals surface area contributed by atoms with Gasteiger partial charge < -0.3 is 15.2 Å². The molecule has 2 aliphatic rings. The van der Waals surface area contributed by atoms with E-state index in [9.17, 15) is 5.11 Å². The van der Waals surface area contributed by atoms with Gasteiger partial charge in [-0.25, -0.2) is 0 Å². The van der Waals surface area contributed by atoms with E-state index < -0.39 is 0 Å². The first-order valence-electron chi connectivity index (χ1n) is 7.44. The van der Waals surface area contributed by atoms with Crippen LogP contribution >= 0.6 is 0 Å². The summed E-state index contributed by atoms with van der Waals surface area (Å²) in [4.78, 5) is 0. The summed E-state index contributed by atoms with van der Waals surface area (Å²) < 4.78 is 5.42. The second-order valence-corrected chi connectivity index (χ2v) is 5.90. The highest BCUT2D eigenvalue weighted by Crippen LogP contribution is 2.44. The quantitative estimate of drug-likeness (QED) is 0.856. The molecule has 2 bridgehead atoms. The molecule has 2 N–H and O–H groups in total. The smallest absolute Gasteiger partial charge is 0.161 e. The first-order chi connectivity index (χ1) is 9.26. The number of phenolic OH excluding ortho intramolecular Hbond substituents is 1. The molecule has 0 spiro atoms. The molecular weight excluding hydrogens is 238 g/mol. The van der Waals surface area contributed by atoms with E-state index in [2.05, 4.69) is 5.32 Å². The Morgan fingerprint density at radius 3 is 2.89 bits per heavy atom. The van der Waals surface area contributed by atoms with Crippen LogP contribution in [-0.4, -0.2) is 17.8 Å². The molecular formula is C16H23NO2. The summed E-state index contributed by atoms with van der Waals surface area (Å²) in [5.41, 5.74) is 1.18. The fourth-order valence-corrected chi connectivity index (χ4v) is 3.68. The molecule has 0 radical (unpaired) electrons. The van der Waals surface area contributed by atoms with E-state index in [1.54, 1.807) is 6.07 Å². The van der Waals surface area contributed by atoms with Gasteiger partial charge in [-0.2, -0.15) is 0 Å². The van der Waals surface area contributed by atoms with Crippen molar-refractivity contribution in [2.24, 2.45) is 11.8 Å². The second-order valence-electron chi connectivity index (χ2n) is 5.90. The zero-order valence-electron chi connectivity index (χ0n) is 11.6. The number of ether oxygens (including phenoxy) is 1. The molecule has 0 aliphatic heterocycles. The number of benzene rings is 1. The van der Waals surface area contributed by atoms with Gasteiger partial charge in [-0.05, 0) is 55.7 Å². The van der Waals surface area contributed by atoms with Crippen molar-refractivity contribution in [3.05, 3.63) is 23.8 Å². The van der Waals surface area contributed by atoms with Crippen LogP contribution in [0.4, 0.5) is 0 Å². The van der Waals surface area contributed by atoms with Crippen molar-refractivity contribution >= 4 is 0 Å². The van der Waals surface area contributed by atoms with Gasteiger partial charge >= 0.3 is 0 Å². The minimum atomic E-state index is 0.227. The van der Waals surface area contributed by atoms with Crippen LogP contribution < -0.4 is 10.1 Å². The minimum absolute atomic E-state index is 0.227. The highest BCUT2D eigenvalue weighted by molar-refractivity contribution is 5.41. The van der Waals surface area contributed by atoms with Crippen LogP contribution in [0.3, 0.4) is 0 Å². The highest BCUT2D eigenvalue weighted by Gasteiger charge is 2.38. The Morgan fingerprint density at radius 2 is 2.21 bits per heavy atom. The van der Waals surface area contributed by atoms with Gasteiger partial charge in [0.1, 0.15) is 0 Å². The summed E-state index contributed by atoms with van der Waals surface area (Å²) in [7, 11) is 0. The van der Waals surface area contributed by atoms with Crippen molar-refractivity contribution in [1.29, 1.82) is 0 Å². The van der Waals surface area contributed by atoms with Crippen LogP contribution in [0.25, 0.3) is 0 Å². The molecule has 3 unspecified atom stereocenters. The molecule has 3 nitrogen and oxygen atoms in total. The summed E-state index contributed by atoms with van der Waals surface area (Å²) in [6.07, 6.45) is 5.62. The van der Waals surface area contributed by atoms with E-state index in [-0.39, 0.29) is 5.75 Å². The van der Waals surface area contributed by atoms with Crippen molar-refractivity contribution in [3.63, 3.8) is 0 Å². The summed E-state index contributed by atoms with van der Waals surface area (Å²) in [5, 5.41) is 13.4. The first kappa shape index (κ1) is 12.8. The SMILES string of the molecule is CCOc1cc(CNC2CC3CCC2C3)ccc1O. The molecule has 0 heterocycles. The maximum atomic E-state index is 9.69. The van der Waals surface area contributed by atoms with Gasteiger partial charge in [0, 0.05) is 12.6 Å². The molecule has 1 aromatic rings. The molecule has 0 aromatic heterocycles. The lowest BCUT2D eigenvalue weighted by molar-refractivity contribution is 0.317. The zero-order valence-corrected chi connectivity index (χ0v) is 11.6. The molecule has 3 rings (SSSR count). The van der Waals surface area contributed by atoms with Crippen molar-refractivity contribution in [2.75, 3.05) is 6.61 Å². The number of fused-ring (bicyclic) bond motifs is 2. The number of phenols is 1. The van der Waals surface area contributed by atoms with Crippen LogP contribution in [0.1, 0.15) is 38.2 Å². The third-order valence-corrected chi connectivity index (χ3v) is 4.63. The average Bonchev–Trinajstić information content (AvgIpc) is 3.02. The topological polar surface area (TPSA) is 41.5 Å². The van der Waals surface area contributed by atoms with Crippen LogP contribution in [0.2, 0.25) is 0 Å². The van der Waals surface area contributed by atoms with Crippen LogP contribution in [-0.2, 0) is 6.54 Å². The van der Waals surface area contributed by atoms with Crippen LogP contribution in [0.15, 0.2) is 18.2 Å². The lowest BCUT2D eigenvalue weighted by atomic mass is 9.95. The fraction of sp³-hybridized carbons (Fsp3) is 0.625. The number of hydrogen-bond acceptors (Lipinski definition) is 3. The Morgan fingerprint density at radius 1 is 1.32 bits per heavy atom. The number of nitrogens with one attached hydrogen (secondary N) is 1. The van der Waals surface area contributed by atoms with Crippen LogP contribution in [0.5, 0.6) is 11.5 Å². The normalized spacial score (nSPS) is 28.8. The Balaban J connectivity index is 1.59. The molecule has 3 atom stereocenters. The Kier molecular flexibility index (Phi) is 3.65. The van der Waals surface area contributed by atoms with Crippen molar-refractivity contribution in [1.82, 2.24) is 5.32 Å². The van der Waals surface area contributed by atoms with Gasteiger partial charge in [0.05, 0.1) is 6.61 Å². The zero-order chi connectivity index (χ0) is 13.2. The number of aromatic hydroxyl groups is 1. The molecule has 0 saturated heterocycles. The largest absolute Gasteiger partial charge is 0.504 e. The highest BCUT2D eigenvalue weighted by atomic mass is 16.5. The molecule has 2 fully saturated rings. The third kappa shape index (κ3) is 2.71. The van der Waals surface area contributed by atoms with Gasteiger partial charge in [0.25, 0.3) is 0 Å². The van der Waals surface area contributed by atoms with Gasteiger partial charge in [0.15, 0.2) is 11.5 Å². The van der Waals surface area contributed by atoms with Gasteiger partial charge in [-0.1, -0.05) is 12.5 Å². The summed E-state index contributed by atoms with van der Waals surface area (Å²) in [6, 6.07) is 6.34. The summed E-state index contributed by atoms with van der Waals surface area (Å²) in [6.45, 7) is 3.38. The average molecular weight is 261 g/mol. The molecule has 19 heavy (non-hydrogen) atoms. The van der Waals surface area contributed by atoms with Gasteiger partial charge in [0.2, 0.25) is 0 Å². The van der Waals surface area contributed by atoms with Crippen molar-refractivity contribution in [3.8, 4) is 11.5 Å². The first-order valence-corrected chi connectivity index (χ1v) is 7.44. The lowest BCUT2D eigenvalue weighted by Crippen LogP contribution is -2.33. The van der Waals surface area contributed by atoms with Gasteiger partial charge in [-0.3, -0.25) is 0 Å². The third-order valence-electron chi connectivity index (χ3n) is 4.63. The number of rotatable bonds is 5. The second kappa shape index (κ2) is 5.41. The maximum absolute atomic E-state index is 9.69. The molecule has 0 amide bonds. The van der Waals surface area contributed by atoms with E-state index in [0.717, 1.165) is 18.4 Å². The molecule has 2 saturated carbocycles. The standard InChI is InChI=1S/C16H23NO2/c1-2-19-16-9-12(4-6-15(16)18)10-17-14-8-11-3-5-13(14)7-11/h4,6,9,11,13-14,17-18H,2-3,5,7-8,10H2,1H3. The Hall–Kier alpha value is -1.22. The van der Waals surface area contributed by atoms with Gasteiger partial charge in [-0.15, -0.1) is 0 Å². The van der Waals surface area contributed by atoms with E-state index in [4.69, 9.17) is 4.74 Å². The van der Waals surface area contributed by atoms with Crippen molar-refractivity contribution < 1.29 is 9.84 Å². The lowest BCUT2D eigenvalue weighted by Gasteiger charge is -2.23. The van der Waals surface area contributed by atoms with Crippen LogP contribution in [0, 0.1) is 11.8 Å². The number of hydrogen-bond donors (Lipinski definition) is 2. The van der Waals surface area contributed by atoms with E-state index in [1.807, 2.05) is 19.1 Å². The molecule has 104 valence electrons. The Labute approximate surface area is 115 Å². The molecule has 1 aromatic carbocycles. The van der Waals surface area contributed by atoms with Crippen molar-refractivity contribution in [2.45, 2.75) is 45.2 Å². The summed E-state index contributed by atoms with van der Waals surface area (Å²) >= 11 is 0. The molecule has 3 heteroatoms. The van der Waals surface area contributed by atoms with E-state index in [1.165, 1.54) is 31.2 Å². The Bertz CT molecular complexity index is 446. The minimum Gasteiger partial charge on any atom is -0.504 e. The van der Waals surface area contributed by atoms with E-state index in [0.29, 0.717) is 18.4 Å². The fourth-order valence-electron chi connectivity index (χ4n) is 3.68. The monoisotopic (exact) mass is 261 g/mol.